The number of aliphatic hydroxyl groups excluding tert-OH is 1. The van der Waals surface area contributed by atoms with Crippen molar-refractivity contribution in [2.24, 2.45) is 0 Å². The van der Waals surface area contributed by atoms with E-state index in [1.807, 2.05) is 24.9 Å². The van der Waals surface area contributed by atoms with Gasteiger partial charge in [0.25, 0.3) is 0 Å². The highest BCUT2D eigenvalue weighted by Gasteiger charge is 2.02. The molecule has 0 aromatic rings. The Kier molecular flexibility index (Phi) is 5.26. The molecule has 0 rings (SSSR count). The van der Waals surface area contributed by atoms with E-state index in [-0.39, 0.29) is 6.10 Å². The maximum absolute atomic E-state index is 9.18. The monoisotopic (exact) mass is 143 g/mol. The van der Waals surface area contributed by atoms with Crippen molar-refractivity contribution in [2.45, 2.75) is 19.4 Å². The number of nitrogens with zero attached hydrogens (tertiary/aromatic N) is 1. The largest absolute Gasteiger partial charge is 0.392 e. The van der Waals surface area contributed by atoms with Crippen LogP contribution in [0.3, 0.4) is 0 Å². The van der Waals surface area contributed by atoms with Crippen LogP contribution in [0.2, 0.25) is 0 Å². The summed E-state index contributed by atoms with van der Waals surface area (Å²) in [5.74, 6) is 0. The van der Waals surface area contributed by atoms with E-state index in [0.29, 0.717) is 0 Å². The number of hydrogen-bond acceptors (Lipinski definition) is 2. The summed E-state index contributed by atoms with van der Waals surface area (Å²) in [6.45, 7) is 7.17. The van der Waals surface area contributed by atoms with E-state index < -0.39 is 0 Å². The molecule has 60 valence electrons. The fraction of sp³-hybridized carbons (Fsp3) is 0.750. The van der Waals surface area contributed by atoms with Gasteiger partial charge in [-0.15, -0.1) is 6.58 Å². The van der Waals surface area contributed by atoms with Crippen molar-refractivity contribution in [2.75, 3.05) is 20.1 Å². The molecule has 0 aromatic carbocycles. The first-order valence-corrected chi connectivity index (χ1v) is 3.68. The Morgan fingerprint density at radius 1 is 1.70 bits per heavy atom. The lowest BCUT2D eigenvalue weighted by molar-refractivity contribution is 0.127. The lowest BCUT2D eigenvalue weighted by Gasteiger charge is -2.17. The Balaban J connectivity index is 3.35. The van der Waals surface area contributed by atoms with Crippen LogP contribution in [0, 0.1) is 0 Å². The lowest BCUT2D eigenvalue weighted by atomic mass is 10.2. The van der Waals surface area contributed by atoms with Crippen LogP contribution in [-0.2, 0) is 0 Å². The van der Waals surface area contributed by atoms with Crippen LogP contribution in [0.25, 0.3) is 0 Å². The average Bonchev–Trinajstić information content (AvgIpc) is 1.88. The van der Waals surface area contributed by atoms with Crippen LogP contribution in [0.5, 0.6) is 0 Å². The fourth-order valence-electron chi connectivity index (χ4n) is 0.784. The van der Waals surface area contributed by atoms with Gasteiger partial charge in [-0.1, -0.05) is 13.0 Å². The Labute approximate surface area is 63.2 Å². The van der Waals surface area contributed by atoms with Crippen LogP contribution in [0.4, 0.5) is 0 Å². The van der Waals surface area contributed by atoms with Crippen LogP contribution >= 0.6 is 0 Å². The van der Waals surface area contributed by atoms with Crippen LogP contribution in [0.1, 0.15) is 13.3 Å². The van der Waals surface area contributed by atoms with Gasteiger partial charge in [-0.05, 0) is 13.5 Å². The summed E-state index contributed by atoms with van der Waals surface area (Å²) in [4.78, 5) is 2.04. The normalized spacial score (nSPS) is 13.6. The van der Waals surface area contributed by atoms with Crippen molar-refractivity contribution < 1.29 is 5.11 Å². The molecule has 10 heavy (non-hydrogen) atoms. The second-order valence-electron chi connectivity index (χ2n) is 2.57. The van der Waals surface area contributed by atoms with Crippen LogP contribution in [-0.4, -0.2) is 36.2 Å². The Hall–Kier alpha value is -0.340. The summed E-state index contributed by atoms with van der Waals surface area (Å²) in [5, 5.41) is 9.18. The van der Waals surface area contributed by atoms with Gasteiger partial charge in [0.2, 0.25) is 0 Å². The molecule has 0 saturated heterocycles. The molecular formula is C8H17NO. The Bertz CT molecular complexity index is 93.3. The van der Waals surface area contributed by atoms with E-state index in [2.05, 4.69) is 6.58 Å². The second-order valence-corrected chi connectivity index (χ2v) is 2.57. The van der Waals surface area contributed by atoms with E-state index >= 15 is 0 Å². The first-order chi connectivity index (χ1) is 4.70. The average molecular weight is 143 g/mol. The summed E-state index contributed by atoms with van der Waals surface area (Å²) in [5.41, 5.74) is 0. The number of aliphatic hydroxyl groups is 1. The zero-order valence-corrected chi connectivity index (χ0v) is 6.88. The molecule has 0 saturated carbocycles. The minimum absolute atomic E-state index is 0.190. The molecule has 0 bridgehead atoms. The third kappa shape index (κ3) is 4.53. The van der Waals surface area contributed by atoms with Crippen molar-refractivity contribution in [3.8, 4) is 0 Å². The third-order valence-corrected chi connectivity index (χ3v) is 1.43. The zero-order chi connectivity index (χ0) is 7.98. The zero-order valence-electron chi connectivity index (χ0n) is 6.88. The molecule has 0 radical (unpaired) electrons. The van der Waals surface area contributed by atoms with Gasteiger partial charge in [0.05, 0.1) is 6.10 Å². The number of rotatable bonds is 5. The van der Waals surface area contributed by atoms with Crippen molar-refractivity contribution >= 4 is 0 Å². The molecule has 0 heterocycles. The summed E-state index contributed by atoms with van der Waals surface area (Å²) < 4.78 is 0. The first-order valence-electron chi connectivity index (χ1n) is 3.68. The highest BCUT2D eigenvalue weighted by Crippen LogP contribution is 1.92. The highest BCUT2D eigenvalue weighted by molar-refractivity contribution is 4.72. The maximum atomic E-state index is 9.18. The Morgan fingerprint density at radius 3 is 2.70 bits per heavy atom. The molecule has 0 spiro atoms. The highest BCUT2D eigenvalue weighted by atomic mass is 16.3. The third-order valence-electron chi connectivity index (χ3n) is 1.43. The molecule has 0 fully saturated rings. The predicted molar refractivity (Wildman–Crippen MR) is 44.0 cm³/mol. The van der Waals surface area contributed by atoms with E-state index in [0.717, 1.165) is 19.5 Å². The quantitative estimate of drug-likeness (QED) is 0.577. The molecular weight excluding hydrogens is 126 g/mol. The molecule has 1 unspecified atom stereocenters. The number of likely N-dealkylation sites (N-methyl/N-ethyl adjacent to an activating group) is 1. The van der Waals surface area contributed by atoms with Gasteiger partial charge in [0.15, 0.2) is 0 Å². The molecule has 1 N–H and O–H groups in total. The van der Waals surface area contributed by atoms with Gasteiger partial charge in [0.1, 0.15) is 0 Å². The molecule has 0 aliphatic carbocycles. The molecule has 2 heteroatoms. The lowest BCUT2D eigenvalue weighted by Crippen LogP contribution is -2.28. The van der Waals surface area contributed by atoms with E-state index in [1.165, 1.54) is 0 Å². The molecule has 2 nitrogen and oxygen atoms in total. The standard InChI is InChI=1S/C8H17NO/c1-4-6-9(3)7-8(10)5-2/h4,8,10H,1,5-7H2,2-3H3. The summed E-state index contributed by atoms with van der Waals surface area (Å²) in [6, 6.07) is 0. The SMILES string of the molecule is C=CCN(C)CC(O)CC. The van der Waals surface area contributed by atoms with Gasteiger partial charge in [-0.3, -0.25) is 0 Å². The van der Waals surface area contributed by atoms with Gasteiger partial charge >= 0.3 is 0 Å². The van der Waals surface area contributed by atoms with Crippen molar-refractivity contribution in [1.29, 1.82) is 0 Å². The summed E-state index contributed by atoms with van der Waals surface area (Å²) in [7, 11) is 1.97. The van der Waals surface area contributed by atoms with Gasteiger partial charge in [0, 0.05) is 13.1 Å². The van der Waals surface area contributed by atoms with Crippen molar-refractivity contribution in [3.05, 3.63) is 12.7 Å². The smallest absolute Gasteiger partial charge is 0.0664 e. The molecule has 0 amide bonds. The minimum Gasteiger partial charge on any atom is -0.392 e. The maximum Gasteiger partial charge on any atom is 0.0664 e. The van der Waals surface area contributed by atoms with E-state index in [1.54, 1.807) is 0 Å². The molecule has 0 aliphatic heterocycles. The summed E-state index contributed by atoms with van der Waals surface area (Å²) >= 11 is 0. The van der Waals surface area contributed by atoms with Crippen LogP contribution in [0.15, 0.2) is 12.7 Å². The topological polar surface area (TPSA) is 23.5 Å². The Morgan fingerprint density at radius 2 is 2.30 bits per heavy atom. The van der Waals surface area contributed by atoms with E-state index in [9.17, 15) is 5.11 Å². The van der Waals surface area contributed by atoms with Gasteiger partial charge in [-0.25, -0.2) is 0 Å². The van der Waals surface area contributed by atoms with Crippen molar-refractivity contribution in [1.82, 2.24) is 4.90 Å². The number of hydrogen-bond donors (Lipinski definition) is 1. The van der Waals surface area contributed by atoms with Crippen LogP contribution < -0.4 is 0 Å². The molecule has 1 atom stereocenters. The summed E-state index contributed by atoms with van der Waals surface area (Å²) in [6.07, 6.45) is 2.47. The van der Waals surface area contributed by atoms with E-state index in [4.69, 9.17) is 0 Å². The molecule has 0 aromatic heterocycles. The van der Waals surface area contributed by atoms with Crippen molar-refractivity contribution in [3.63, 3.8) is 0 Å². The fourth-order valence-corrected chi connectivity index (χ4v) is 0.784. The van der Waals surface area contributed by atoms with Gasteiger partial charge in [-0.2, -0.15) is 0 Å². The second kappa shape index (κ2) is 5.45. The van der Waals surface area contributed by atoms with Gasteiger partial charge < -0.3 is 10.0 Å². The predicted octanol–water partition coefficient (Wildman–Crippen LogP) is 0.875. The first kappa shape index (κ1) is 9.66. The minimum atomic E-state index is -0.190. The molecule has 0 aliphatic rings.